The first kappa shape index (κ1) is 12.1. The van der Waals surface area contributed by atoms with Gasteiger partial charge in [0.1, 0.15) is 0 Å². The monoisotopic (exact) mass is 262 g/mol. The lowest BCUT2D eigenvalue weighted by Crippen LogP contribution is -2.50. The number of hydrogen-bond donors (Lipinski definition) is 1. The van der Waals surface area contributed by atoms with Crippen LogP contribution in [0.2, 0.25) is 0 Å². The number of benzene rings is 1. The Bertz CT molecular complexity index is 505. The highest BCUT2D eigenvalue weighted by molar-refractivity contribution is 5.91. The second-order valence-electron chi connectivity index (χ2n) is 4.65. The molecular formula is C13H14N2O4. The van der Waals surface area contributed by atoms with Crippen LogP contribution in [0.15, 0.2) is 30.3 Å². The number of amides is 2. The van der Waals surface area contributed by atoms with Crippen molar-refractivity contribution >= 4 is 11.8 Å². The molecule has 0 aromatic heterocycles. The number of fused-ring (bicyclic) bond motifs is 2. The normalized spacial score (nSPS) is 29.6. The van der Waals surface area contributed by atoms with Crippen molar-refractivity contribution in [1.29, 1.82) is 0 Å². The van der Waals surface area contributed by atoms with E-state index in [2.05, 4.69) is 0 Å². The fourth-order valence-electron chi connectivity index (χ4n) is 2.39. The van der Waals surface area contributed by atoms with Gasteiger partial charge in [0.25, 0.3) is 5.91 Å². The third-order valence-corrected chi connectivity index (χ3v) is 3.29. The zero-order valence-electron chi connectivity index (χ0n) is 10.2. The molecule has 6 heteroatoms. The predicted octanol–water partition coefficient (Wildman–Crippen LogP) is -0.376. The minimum atomic E-state index is -0.974. The van der Waals surface area contributed by atoms with E-state index in [0.717, 1.165) is 5.56 Å². The molecule has 0 spiro atoms. The highest BCUT2D eigenvalue weighted by Crippen LogP contribution is 2.27. The van der Waals surface area contributed by atoms with Crippen molar-refractivity contribution in [3.63, 3.8) is 0 Å². The van der Waals surface area contributed by atoms with Gasteiger partial charge in [0.05, 0.1) is 6.54 Å². The van der Waals surface area contributed by atoms with Gasteiger partial charge in [-0.2, -0.15) is 0 Å². The minimum absolute atomic E-state index is 0.249. The summed E-state index contributed by atoms with van der Waals surface area (Å²) in [5.74, 6) is -0.913. The van der Waals surface area contributed by atoms with E-state index in [9.17, 15) is 9.59 Å². The van der Waals surface area contributed by atoms with Gasteiger partial charge in [-0.1, -0.05) is 30.3 Å². The molecule has 2 amide bonds. The summed E-state index contributed by atoms with van der Waals surface area (Å²) in [5.41, 5.74) is 6.22. The second-order valence-corrected chi connectivity index (χ2v) is 4.65. The molecule has 2 heterocycles. The number of morpholine rings is 1. The molecule has 2 bridgehead atoms. The maximum absolute atomic E-state index is 12.2. The highest BCUT2D eigenvalue weighted by atomic mass is 16.7. The first-order valence-electron chi connectivity index (χ1n) is 6.08. The topological polar surface area (TPSA) is 81.9 Å². The SMILES string of the molecule is NC(=O)[C@@H]1O[C@H]2CN(Cc3ccccc3)C(=O)[C@@H]1O2. The van der Waals surface area contributed by atoms with Crippen LogP contribution in [0.5, 0.6) is 0 Å². The number of carbonyl (C=O) groups is 2. The molecule has 3 atom stereocenters. The molecule has 0 radical (unpaired) electrons. The molecule has 0 unspecified atom stereocenters. The lowest BCUT2D eigenvalue weighted by molar-refractivity contribution is -0.162. The molecular weight excluding hydrogens is 248 g/mol. The Kier molecular flexibility index (Phi) is 2.96. The van der Waals surface area contributed by atoms with Crippen LogP contribution in [-0.2, 0) is 25.6 Å². The molecule has 2 aliphatic rings. The molecule has 19 heavy (non-hydrogen) atoms. The lowest BCUT2D eigenvalue weighted by Gasteiger charge is -2.30. The molecule has 0 saturated carbocycles. The Balaban J connectivity index is 1.76. The van der Waals surface area contributed by atoms with E-state index < -0.39 is 24.4 Å². The summed E-state index contributed by atoms with van der Waals surface area (Å²) in [5, 5.41) is 0. The largest absolute Gasteiger partial charge is 0.367 e. The average molecular weight is 262 g/mol. The molecule has 2 N–H and O–H groups in total. The van der Waals surface area contributed by atoms with Crippen molar-refractivity contribution in [2.45, 2.75) is 25.0 Å². The highest BCUT2D eigenvalue weighted by Gasteiger charge is 2.50. The number of ether oxygens (including phenoxy) is 2. The number of rotatable bonds is 3. The van der Waals surface area contributed by atoms with Gasteiger partial charge in [-0.25, -0.2) is 0 Å². The van der Waals surface area contributed by atoms with Gasteiger partial charge in [-0.05, 0) is 5.56 Å². The lowest BCUT2D eigenvalue weighted by atomic mass is 10.1. The van der Waals surface area contributed by atoms with Crippen LogP contribution in [0.25, 0.3) is 0 Å². The third kappa shape index (κ3) is 2.20. The molecule has 100 valence electrons. The van der Waals surface area contributed by atoms with E-state index in [0.29, 0.717) is 13.1 Å². The predicted molar refractivity (Wildman–Crippen MR) is 64.6 cm³/mol. The summed E-state index contributed by atoms with van der Waals surface area (Å²) in [6.45, 7) is 0.791. The Morgan fingerprint density at radius 3 is 2.74 bits per heavy atom. The number of hydrogen-bond acceptors (Lipinski definition) is 4. The van der Waals surface area contributed by atoms with Crippen LogP contribution in [0.1, 0.15) is 5.56 Å². The summed E-state index contributed by atoms with van der Waals surface area (Å²) in [7, 11) is 0. The minimum Gasteiger partial charge on any atom is -0.367 e. The van der Waals surface area contributed by atoms with Gasteiger partial charge >= 0.3 is 0 Å². The van der Waals surface area contributed by atoms with Gasteiger partial charge in [-0.3, -0.25) is 9.59 Å². The maximum atomic E-state index is 12.2. The Labute approximate surface area is 110 Å². The Hall–Kier alpha value is -1.92. The standard InChI is InChI=1S/C13H14N2O4/c14-12(16)10-11-13(17)15(7-9(18-10)19-11)6-8-4-2-1-3-5-8/h1-5,9-11H,6-7H2,(H2,14,16)/t9-,10-,11-/m1/s1. The van der Waals surface area contributed by atoms with E-state index in [1.807, 2.05) is 30.3 Å². The van der Waals surface area contributed by atoms with Crippen LogP contribution in [0.4, 0.5) is 0 Å². The van der Waals surface area contributed by atoms with Crippen LogP contribution in [0.3, 0.4) is 0 Å². The first-order chi connectivity index (χ1) is 9.15. The summed E-state index contributed by atoms with van der Waals surface area (Å²) >= 11 is 0. The van der Waals surface area contributed by atoms with E-state index >= 15 is 0 Å². The number of carbonyl (C=O) groups excluding carboxylic acids is 2. The quantitative estimate of drug-likeness (QED) is 0.805. The van der Waals surface area contributed by atoms with Crippen LogP contribution < -0.4 is 5.73 Å². The van der Waals surface area contributed by atoms with Crippen LogP contribution in [0, 0.1) is 0 Å². The van der Waals surface area contributed by atoms with Crippen molar-refractivity contribution < 1.29 is 19.1 Å². The number of nitrogens with two attached hydrogens (primary N) is 1. The second kappa shape index (κ2) is 4.64. The molecule has 1 aromatic carbocycles. The number of primary amides is 1. The van der Waals surface area contributed by atoms with Crippen molar-refractivity contribution in [3.05, 3.63) is 35.9 Å². The number of nitrogens with zero attached hydrogens (tertiary/aromatic N) is 1. The van der Waals surface area contributed by atoms with Gasteiger partial charge in [0.2, 0.25) is 5.91 Å². The molecule has 2 aliphatic heterocycles. The van der Waals surface area contributed by atoms with Crippen molar-refractivity contribution in [2.75, 3.05) is 6.54 Å². The van der Waals surface area contributed by atoms with Crippen molar-refractivity contribution in [1.82, 2.24) is 4.90 Å². The van der Waals surface area contributed by atoms with Crippen molar-refractivity contribution in [3.8, 4) is 0 Å². The maximum Gasteiger partial charge on any atom is 0.255 e. The Morgan fingerprint density at radius 1 is 1.32 bits per heavy atom. The molecule has 2 saturated heterocycles. The summed E-state index contributed by atoms with van der Waals surface area (Å²) < 4.78 is 10.7. The molecule has 2 fully saturated rings. The van der Waals surface area contributed by atoms with E-state index in [1.54, 1.807) is 4.90 Å². The van der Waals surface area contributed by atoms with Crippen LogP contribution >= 0.6 is 0 Å². The zero-order valence-corrected chi connectivity index (χ0v) is 10.2. The third-order valence-electron chi connectivity index (χ3n) is 3.29. The summed E-state index contributed by atoms with van der Waals surface area (Å²) in [4.78, 5) is 25.1. The van der Waals surface area contributed by atoms with E-state index in [-0.39, 0.29) is 5.91 Å². The molecule has 6 nitrogen and oxygen atoms in total. The van der Waals surface area contributed by atoms with Gasteiger partial charge < -0.3 is 20.1 Å². The average Bonchev–Trinajstić information content (AvgIpc) is 2.77. The van der Waals surface area contributed by atoms with Crippen molar-refractivity contribution in [2.24, 2.45) is 5.73 Å². The molecule has 1 aromatic rings. The van der Waals surface area contributed by atoms with Gasteiger partial charge in [0, 0.05) is 6.54 Å². The summed E-state index contributed by atoms with van der Waals surface area (Å²) in [6.07, 6.45) is -2.44. The van der Waals surface area contributed by atoms with E-state index in [4.69, 9.17) is 15.2 Å². The molecule has 3 rings (SSSR count). The smallest absolute Gasteiger partial charge is 0.255 e. The van der Waals surface area contributed by atoms with E-state index in [1.165, 1.54) is 0 Å². The van der Waals surface area contributed by atoms with Gasteiger partial charge in [0.15, 0.2) is 18.5 Å². The van der Waals surface area contributed by atoms with Crippen LogP contribution in [-0.4, -0.2) is 41.8 Å². The van der Waals surface area contributed by atoms with Gasteiger partial charge in [-0.15, -0.1) is 0 Å². The zero-order chi connectivity index (χ0) is 13.4. The Morgan fingerprint density at radius 2 is 2.05 bits per heavy atom. The fourth-order valence-corrected chi connectivity index (χ4v) is 2.39. The fraction of sp³-hybridized carbons (Fsp3) is 0.385. The summed E-state index contributed by atoms with van der Waals surface area (Å²) in [6, 6.07) is 9.63. The first-order valence-corrected chi connectivity index (χ1v) is 6.08. The molecule has 0 aliphatic carbocycles.